The van der Waals surface area contributed by atoms with Crippen molar-refractivity contribution in [2.24, 2.45) is 4.99 Å². The molecule has 146 valence electrons. The van der Waals surface area contributed by atoms with Crippen molar-refractivity contribution in [3.8, 4) is 0 Å². The Kier molecular flexibility index (Phi) is 5.70. The van der Waals surface area contributed by atoms with Crippen LogP contribution >= 0.6 is 0 Å². The third kappa shape index (κ3) is 4.24. The van der Waals surface area contributed by atoms with Gasteiger partial charge >= 0.3 is 0 Å². The fourth-order valence-electron chi connectivity index (χ4n) is 3.59. The van der Waals surface area contributed by atoms with Gasteiger partial charge in [0.05, 0.1) is 0 Å². The van der Waals surface area contributed by atoms with Gasteiger partial charge in [-0.25, -0.2) is 0 Å². The quantitative estimate of drug-likeness (QED) is 0.509. The van der Waals surface area contributed by atoms with Crippen molar-refractivity contribution in [3.05, 3.63) is 60.6 Å². The van der Waals surface area contributed by atoms with Gasteiger partial charge in [-0.3, -0.25) is 9.39 Å². The van der Waals surface area contributed by atoms with E-state index in [4.69, 9.17) is 4.99 Å². The summed E-state index contributed by atoms with van der Waals surface area (Å²) >= 11 is 0. The van der Waals surface area contributed by atoms with E-state index in [1.165, 1.54) is 5.69 Å². The van der Waals surface area contributed by atoms with Gasteiger partial charge in [-0.15, -0.1) is 10.2 Å². The number of guanidine groups is 1. The number of aliphatic imine (C=N–C) groups is 1. The Morgan fingerprint density at radius 3 is 2.86 bits per heavy atom. The highest BCUT2D eigenvalue weighted by Gasteiger charge is 2.23. The molecule has 7 heteroatoms. The van der Waals surface area contributed by atoms with E-state index in [2.05, 4.69) is 63.0 Å². The molecule has 1 aliphatic heterocycles. The van der Waals surface area contributed by atoms with E-state index >= 15 is 0 Å². The van der Waals surface area contributed by atoms with Gasteiger partial charge in [-0.05, 0) is 37.6 Å². The third-order valence-electron chi connectivity index (χ3n) is 4.98. The number of para-hydroxylation sites is 1. The summed E-state index contributed by atoms with van der Waals surface area (Å²) in [4.78, 5) is 7.17. The second kappa shape index (κ2) is 8.73. The molecule has 1 atom stereocenters. The summed E-state index contributed by atoms with van der Waals surface area (Å²) < 4.78 is 2.02. The molecule has 1 aromatic carbocycles. The number of fused-ring (bicyclic) bond motifs is 1. The van der Waals surface area contributed by atoms with Gasteiger partial charge in [0.2, 0.25) is 0 Å². The Labute approximate surface area is 165 Å². The van der Waals surface area contributed by atoms with Gasteiger partial charge in [-0.2, -0.15) is 0 Å². The average Bonchev–Trinajstić information content (AvgIpc) is 3.36. The standard InChI is InChI=1S/C21H27N7/c1-2-22-21(23-13-11-20-26-25-19-10-6-7-14-28(19)20)24-17-12-15-27(16-17)18-8-4-3-5-9-18/h3-10,14,17H,2,11-13,15-16H2,1H3,(H2,22,23,24). The number of benzene rings is 1. The van der Waals surface area contributed by atoms with Crippen LogP contribution in [0.4, 0.5) is 5.69 Å². The summed E-state index contributed by atoms with van der Waals surface area (Å²) in [5, 5.41) is 15.4. The lowest BCUT2D eigenvalue weighted by Gasteiger charge is -2.20. The van der Waals surface area contributed by atoms with Crippen molar-refractivity contribution in [3.63, 3.8) is 0 Å². The molecule has 3 aromatic rings. The SMILES string of the molecule is CCNC(=NCCc1nnc2ccccn12)NC1CCN(c2ccccc2)C1. The van der Waals surface area contributed by atoms with Gasteiger partial charge in [0.1, 0.15) is 5.82 Å². The summed E-state index contributed by atoms with van der Waals surface area (Å²) in [6.07, 6.45) is 3.85. The smallest absolute Gasteiger partial charge is 0.191 e. The molecule has 3 heterocycles. The highest BCUT2D eigenvalue weighted by atomic mass is 15.3. The first kappa shape index (κ1) is 18.3. The van der Waals surface area contributed by atoms with Crippen molar-refractivity contribution in [1.29, 1.82) is 0 Å². The molecule has 1 aliphatic rings. The summed E-state index contributed by atoms with van der Waals surface area (Å²) in [6.45, 7) is 5.65. The van der Waals surface area contributed by atoms with Crippen LogP contribution in [0.15, 0.2) is 59.7 Å². The predicted octanol–water partition coefficient (Wildman–Crippen LogP) is 2.11. The normalized spacial score (nSPS) is 17.2. The van der Waals surface area contributed by atoms with Crippen LogP contribution in [0.3, 0.4) is 0 Å². The first-order chi connectivity index (χ1) is 13.8. The predicted molar refractivity (Wildman–Crippen MR) is 113 cm³/mol. The van der Waals surface area contributed by atoms with E-state index in [0.29, 0.717) is 12.6 Å². The van der Waals surface area contributed by atoms with E-state index in [9.17, 15) is 0 Å². The Hall–Kier alpha value is -3.09. The van der Waals surface area contributed by atoms with Gasteiger partial charge in [0.25, 0.3) is 0 Å². The molecule has 2 aromatic heterocycles. The summed E-state index contributed by atoms with van der Waals surface area (Å²) in [5.74, 6) is 1.81. The van der Waals surface area contributed by atoms with E-state index in [0.717, 1.165) is 49.9 Å². The van der Waals surface area contributed by atoms with Crippen LogP contribution in [0.5, 0.6) is 0 Å². The van der Waals surface area contributed by atoms with Crippen LogP contribution in [-0.2, 0) is 6.42 Å². The van der Waals surface area contributed by atoms with Crippen molar-refractivity contribution >= 4 is 17.3 Å². The number of hydrogen-bond acceptors (Lipinski definition) is 4. The fourth-order valence-corrected chi connectivity index (χ4v) is 3.59. The maximum Gasteiger partial charge on any atom is 0.191 e. The second-order valence-corrected chi connectivity index (χ2v) is 6.97. The van der Waals surface area contributed by atoms with Crippen LogP contribution in [0.25, 0.3) is 5.65 Å². The van der Waals surface area contributed by atoms with Crippen molar-refractivity contribution in [2.45, 2.75) is 25.8 Å². The molecule has 0 amide bonds. The molecule has 4 rings (SSSR count). The summed E-state index contributed by atoms with van der Waals surface area (Å²) in [5.41, 5.74) is 2.16. The summed E-state index contributed by atoms with van der Waals surface area (Å²) in [7, 11) is 0. The average molecular weight is 377 g/mol. The van der Waals surface area contributed by atoms with Gasteiger partial charge in [0.15, 0.2) is 11.6 Å². The number of rotatable bonds is 6. The second-order valence-electron chi connectivity index (χ2n) is 6.97. The molecule has 7 nitrogen and oxygen atoms in total. The minimum absolute atomic E-state index is 0.395. The highest BCUT2D eigenvalue weighted by molar-refractivity contribution is 5.80. The molecule has 1 fully saturated rings. The third-order valence-corrected chi connectivity index (χ3v) is 4.98. The van der Waals surface area contributed by atoms with Crippen LogP contribution < -0.4 is 15.5 Å². The number of aromatic nitrogens is 3. The lowest BCUT2D eigenvalue weighted by atomic mass is 10.3. The zero-order valence-electron chi connectivity index (χ0n) is 16.3. The molecule has 1 saturated heterocycles. The monoisotopic (exact) mass is 377 g/mol. The molecular weight excluding hydrogens is 350 g/mol. The zero-order chi connectivity index (χ0) is 19.2. The number of nitrogens with one attached hydrogen (secondary N) is 2. The van der Waals surface area contributed by atoms with Crippen LogP contribution in [0.1, 0.15) is 19.2 Å². The van der Waals surface area contributed by atoms with Gasteiger partial charge in [-0.1, -0.05) is 24.3 Å². The first-order valence-corrected chi connectivity index (χ1v) is 9.97. The number of nitrogens with zero attached hydrogens (tertiary/aromatic N) is 5. The van der Waals surface area contributed by atoms with Crippen LogP contribution in [-0.4, -0.2) is 52.8 Å². The molecule has 1 unspecified atom stereocenters. The van der Waals surface area contributed by atoms with Gasteiger partial charge < -0.3 is 15.5 Å². The largest absolute Gasteiger partial charge is 0.369 e. The Morgan fingerprint density at radius 2 is 2.00 bits per heavy atom. The molecule has 0 saturated carbocycles. The number of hydrogen-bond donors (Lipinski definition) is 2. The van der Waals surface area contributed by atoms with E-state index in [1.807, 2.05) is 28.8 Å². The van der Waals surface area contributed by atoms with Crippen molar-refractivity contribution < 1.29 is 0 Å². The topological polar surface area (TPSA) is 69.8 Å². The zero-order valence-corrected chi connectivity index (χ0v) is 16.3. The Morgan fingerprint density at radius 1 is 1.14 bits per heavy atom. The molecule has 0 radical (unpaired) electrons. The highest BCUT2D eigenvalue weighted by Crippen LogP contribution is 2.19. The minimum atomic E-state index is 0.395. The van der Waals surface area contributed by atoms with Crippen molar-refractivity contribution in [2.75, 3.05) is 31.1 Å². The number of anilines is 1. The van der Waals surface area contributed by atoms with Gasteiger partial charge in [0, 0.05) is 50.5 Å². The lowest BCUT2D eigenvalue weighted by Crippen LogP contribution is -2.44. The van der Waals surface area contributed by atoms with Crippen LogP contribution in [0.2, 0.25) is 0 Å². The lowest BCUT2D eigenvalue weighted by molar-refractivity contribution is 0.648. The Bertz CT molecular complexity index is 919. The maximum atomic E-state index is 4.75. The van der Waals surface area contributed by atoms with Crippen LogP contribution in [0, 0.1) is 0 Å². The molecular formula is C21H27N7. The molecule has 0 aliphatic carbocycles. The van der Waals surface area contributed by atoms with E-state index in [-0.39, 0.29) is 0 Å². The molecule has 28 heavy (non-hydrogen) atoms. The number of pyridine rings is 1. The Balaban J connectivity index is 1.35. The first-order valence-electron chi connectivity index (χ1n) is 9.97. The minimum Gasteiger partial charge on any atom is -0.369 e. The fraction of sp³-hybridized carbons (Fsp3) is 0.381. The van der Waals surface area contributed by atoms with E-state index < -0.39 is 0 Å². The maximum absolute atomic E-state index is 4.75. The van der Waals surface area contributed by atoms with E-state index in [1.54, 1.807) is 0 Å². The van der Waals surface area contributed by atoms with Crippen molar-refractivity contribution in [1.82, 2.24) is 25.2 Å². The summed E-state index contributed by atoms with van der Waals surface area (Å²) in [6, 6.07) is 16.9. The molecule has 0 bridgehead atoms. The molecule has 2 N–H and O–H groups in total. The molecule has 0 spiro atoms.